The van der Waals surface area contributed by atoms with E-state index in [4.69, 9.17) is 0 Å². The van der Waals surface area contributed by atoms with Gasteiger partial charge in [-0.2, -0.15) is 0 Å². The lowest BCUT2D eigenvalue weighted by atomic mass is 9.66. The Morgan fingerprint density at radius 1 is 1.12 bits per heavy atom. The predicted octanol–water partition coefficient (Wildman–Crippen LogP) is 3.34. The molecule has 0 bridgehead atoms. The summed E-state index contributed by atoms with van der Waals surface area (Å²) in [6.07, 6.45) is 2.38. The van der Waals surface area contributed by atoms with Crippen LogP contribution in [0.4, 0.5) is 16.2 Å². The van der Waals surface area contributed by atoms with Crippen molar-refractivity contribution in [2.24, 2.45) is 5.41 Å². The van der Waals surface area contributed by atoms with Crippen molar-refractivity contribution in [1.82, 2.24) is 10.2 Å². The predicted molar refractivity (Wildman–Crippen MR) is 119 cm³/mol. The second kappa shape index (κ2) is 7.68. The maximum atomic E-state index is 14.1. The second-order valence-electron chi connectivity index (χ2n) is 8.94. The first kappa shape index (κ1) is 21.1. The molecule has 170 valence electrons. The van der Waals surface area contributed by atoms with Gasteiger partial charge in [-0.1, -0.05) is 30.3 Å². The summed E-state index contributed by atoms with van der Waals surface area (Å²) in [7, 11) is 0. The zero-order valence-corrected chi connectivity index (χ0v) is 18.2. The van der Waals surface area contributed by atoms with Crippen LogP contribution in [-0.4, -0.2) is 40.3 Å². The van der Waals surface area contributed by atoms with E-state index in [0.29, 0.717) is 18.5 Å². The number of piperidine rings is 1. The van der Waals surface area contributed by atoms with Crippen LogP contribution < -0.4 is 10.2 Å². The molecule has 5 rings (SSSR count). The van der Waals surface area contributed by atoms with Gasteiger partial charge in [0.2, 0.25) is 11.8 Å². The van der Waals surface area contributed by atoms with Gasteiger partial charge in [0.05, 0.1) is 17.0 Å². The minimum atomic E-state index is -1.53. The Morgan fingerprint density at radius 3 is 2.61 bits per heavy atom. The number of carbonyl (C=O) groups is 3. The lowest BCUT2D eigenvalue weighted by Crippen LogP contribution is -2.72. The summed E-state index contributed by atoms with van der Waals surface area (Å²) in [5.74, 6) is -1.16. The molecule has 3 aliphatic heterocycles. The molecule has 3 unspecified atom stereocenters. The number of nitro groups is 1. The average Bonchev–Trinajstić information content (AvgIpc) is 2.82. The lowest BCUT2D eigenvalue weighted by Gasteiger charge is -2.54. The van der Waals surface area contributed by atoms with Crippen LogP contribution in [0, 0.1) is 15.5 Å². The van der Waals surface area contributed by atoms with Crippen molar-refractivity contribution < 1.29 is 19.3 Å². The third kappa shape index (κ3) is 3.10. The number of anilines is 1. The van der Waals surface area contributed by atoms with Gasteiger partial charge in [0, 0.05) is 30.8 Å². The van der Waals surface area contributed by atoms with Crippen LogP contribution in [0.3, 0.4) is 0 Å². The molecule has 1 N–H and O–H groups in total. The van der Waals surface area contributed by atoms with Gasteiger partial charge in [-0.25, -0.2) is 4.79 Å². The molecule has 2 aromatic rings. The minimum absolute atomic E-state index is 0.0150. The molecule has 0 radical (unpaired) electrons. The van der Waals surface area contributed by atoms with Gasteiger partial charge in [-0.3, -0.25) is 29.9 Å². The molecule has 1 spiro atoms. The van der Waals surface area contributed by atoms with E-state index in [1.165, 1.54) is 12.1 Å². The summed E-state index contributed by atoms with van der Waals surface area (Å²) in [5.41, 5.74) is 0.551. The average molecular weight is 448 g/mol. The number of non-ortho nitro benzene ring substituents is 1. The van der Waals surface area contributed by atoms with Gasteiger partial charge in [-0.05, 0) is 43.4 Å². The third-order valence-electron chi connectivity index (χ3n) is 7.24. The molecule has 9 nitrogen and oxygen atoms in total. The smallest absolute Gasteiger partial charge is 0.331 e. The lowest BCUT2D eigenvalue weighted by molar-refractivity contribution is -0.384. The number of barbiturate groups is 1. The van der Waals surface area contributed by atoms with Crippen LogP contribution in [0.25, 0.3) is 0 Å². The Balaban J connectivity index is 1.64. The Kier molecular flexibility index (Phi) is 4.92. The van der Waals surface area contributed by atoms with Crippen LogP contribution in [0.1, 0.15) is 43.4 Å². The van der Waals surface area contributed by atoms with Crippen molar-refractivity contribution in [2.75, 3.05) is 11.4 Å². The number of hydrogen-bond donors (Lipinski definition) is 1. The summed E-state index contributed by atoms with van der Waals surface area (Å²) in [4.78, 5) is 54.5. The maximum Gasteiger partial charge on any atom is 0.331 e. The number of nitrogens with zero attached hydrogens (tertiary/aromatic N) is 3. The van der Waals surface area contributed by atoms with Crippen LogP contribution >= 0.6 is 0 Å². The van der Waals surface area contributed by atoms with Crippen molar-refractivity contribution in [2.45, 2.75) is 44.7 Å². The van der Waals surface area contributed by atoms with E-state index in [-0.39, 0.29) is 12.1 Å². The van der Waals surface area contributed by atoms with E-state index in [1.54, 1.807) is 13.0 Å². The van der Waals surface area contributed by atoms with E-state index in [0.717, 1.165) is 29.0 Å². The van der Waals surface area contributed by atoms with Crippen LogP contribution in [0.5, 0.6) is 0 Å². The number of hydrogen-bond acceptors (Lipinski definition) is 6. The van der Waals surface area contributed by atoms with Crippen molar-refractivity contribution in [3.63, 3.8) is 0 Å². The number of rotatable bonds is 3. The molecule has 0 saturated carbocycles. The monoisotopic (exact) mass is 448 g/mol. The normalized spacial score (nSPS) is 25.4. The first-order valence-corrected chi connectivity index (χ1v) is 11.1. The molecule has 2 saturated heterocycles. The Hall–Kier alpha value is -3.75. The summed E-state index contributed by atoms with van der Waals surface area (Å²) in [6.45, 7) is 2.40. The first-order valence-electron chi connectivity index (χ1n) is 11.1. The highest BCUT2D eigenvalue weighted by Gasteiger charge is 2.62. The van der Waals surface area contributed by atoms with E-state index in [1.807, 2.05) is 35.2 Å². The molecule has 4 amide bonds. The maximum absolute atomic E-state index is 14.1. The highest BCUT2D eigenvalue weighted by Crippen LogP contribution is 2.49. The van der Waals surface area contributed by atoms with Gasteiger partial charge in [0.25, 0.3) is 5.69 Å². The standard InChI is InChI=1S/C24H24N4O5/c1-15(16-7-3-2-4-8-16)27-22(30)24(21(29)25-23(27)31)14-17-13-18(28(32)33)10-11-19(17)26-12-6-5-9-20(24)26/h2-4,7-8,10-11,13,15,20H,5-6,9,12,14H2,1H3,(H,25,29,31). The van der Waals surface area contributed by atoms with E-state index < -0.39 is 40.3 Å². The number of imide groups is 2. The molecule has 3 heterocycles. The number of benzene rings is 2. The van der Waals surface area contributed by atoms with Gasteiger partial charge >= 0.3 is 6.03 Å². The van der Waals surface area contributed by atoms with Gasteiger partial charge < -0.3 is 4.90 Å². The van der Waals surface area contributed by atoms with Crippen molar-refractivity contribution >= 4 is 29.2 Å². The number of urea groups is 1. The number of nitro benzene ring substituents is 1. The van der Waals surface area contributed by atoms with Gasteiger partial charge in [0.1, 0.15) is 0 Å². The van der Waals surface area contributed by atoms with Gasteiger partial charge in [0.15, 0.2) is 5.41 Å². The summed E-state index contributed by atoms with van der Waals surface area (Å²) < 4.78 is 0. The Bertz CT molecular complexity index is 1170. The molecular weight excluding hydrogens is 424 g/mol. The fraction of sp³-hybridized carbons (Fsp3) is 0.375. The molecule has 33 heavy (non-hydrogen) atoms. The molecule has 9 heteroatoms. The van der Waals surface area contributed by atoms with E-state index in [2.05, 4.69) is 5.32 Å². The highest BCUT2D eigenvalue weighted by atomic mass is 16.6. The fourth-order valence-corrected chi connectivity index (χ4v) is 5.61. The fourth-order valence-electron chi connectivity index (χ4n) is 5.61. The topological polar surface area (TPSA) is 113 Å². The van der Waals surface area contributed by atoms with E-state index >= 15 is 0 Å². The molecule has 0 aromatic heterocycles. The molecule has 3 atom stereocenters. The largest absolute Gasteiger partial charge is 0.367 e. The van der Waals surface area contributed by atoms with Gasteiger partial charge in [-0.15, -0.1) is 0 Å². The van der Waals surface area contributed by atoms with E-state index in [9.17, 15) is 24.5 Å². The highest BCUT2D eigenvalue weighted by molar-refractivity contribution is 6.20. The second-order valence-corrected chi connectivity index (χ2v) is 8.94. The van der Waals surface area contributed by atoms with Crippen LogP contribution in [0.15, 0.2) is 48.5 Å². The number of amides is 4. The number of nitrogens with one attached hydrogen (secondary N) is 1. The SMILES string of the molecule is CC(c1ccccc1)N1C(=O)NC(=O)C2(Cc3cc([N+](=O)[O-])ccc3N3CCCCC32)C1=O. The summed E-state index contributed by atoms with van der Waals surface area (Å²) >= 11 is 0. The first-order chi connectivity index (χ1) is 15.8. The molecule has 3 aliphatic rings. The molecular formula is C24H24N4O5. The summed E-state index contributed by atoms with van der Waals surface area (Å²) in [5, 5.41) is 13.8. The minimum Gasteiger partial charge on any atom is -0.367 e. The quantitative estimate of drug-likeness (QED) is 0.438. The Morgan fingerprint density at radius 2 is 1.88 bits per heavy atom. The molecule has 2 aromatic carbocycles. The van der Waals surface area contributed by atoms with Crippen LogP contribution in [-0.2, 0) is 16.0 Å². The molecule has 2 fully saturated rings. The van der Waals surface area contributed by atoms with Crippen molar-refractivity contribution in [3.05, 3.63) is 69.8 Å². The zero-order valence-electron chi connectivity index (χ0n) is 18.2. The summed E-state index contributed by atoms with van der Waals surface area (Å²) in [6, 6.07) is 12.1. The number of fused-ring (bicyclic) bond motifs is 4. The zero-order chi connectivity index (χ0) is 23.3. The van der Waals surface area contributed by atoms with Crippen molar-refractivity contribution in [3.8, 4) is 0 Å². The Labute approximate surface area is 190 Å². The van der Waals surface area contributed by atoms with Crippen LogP contribution in [0.2, 0.25) is 0 Å². The molecule has 0 aliphatic carbocycles. The third-order valence-corrected chi connectivity index (χ3v) is 7.24. The number of carbonyl (C=O) groups excluding carboxylic acids is 3. The van der Waals surface area contributed by atoms with Crippen molar-refractivity contribution in [1.29, 1.82) is 0 Å².